The summed E-state index contributed by atoms with van der Waals surface area (Å²) in [5.74, 6) is -0.264. The van der Waals surface area contributed by atoms with Gasteiger partial charge in [-0.2, -0.15) is 0 Å². The van der Waals surface area contributed by atoms with Gasteiger partial charge in [0.2, 0.25) is 5.91 Å². The maximum Gasteiger partial charge on any atom is 0.408 e. The lowest BCUT2D eigenvalue weighted by atomic mass is 9.91. The number of aryl methyl sites for hydroxylation is 1. The number of carboxylic acid groups (broad SMARTS) is 1. The molecular formula is C38H40N2O7. The first-order valence-corrected chi connectivity index (χ1v) is 15.8. The molecule has 9 heteroatoms. The van der Waals surface area contributed by atoms with Crippen LogP contribution in [0.4, 0.5) is 10.5 Å². The normalized spacial score (nSPS) is 12.9. The summed E-state index contributed by atoms with van der Waals surface area (Å²) < 4.78 is 11.3. The van der Waals surface area contributed by atoms with Gasteiger partial charge in [0.15, 0.2) is 0 Å². The molecule has 0 unspecified atom stereocenters. The zero-order valence-electron chi connectivity index (χ0n) is 26.7. The van der Waals surface area contributed by atoms with Crippen LogP contribution in [0.15, 0.2) is 84.9 Å². The van der Waals surface area contributed by atoms with E-state index in [0.717, 1.165) is 52.1 Å². The second-order valence-electron chi connectivity index (χ2n) is 11.8. The molecular weight excluding hydrogens is 596 g/mol. The fraction of sp³-hybridized carbons (Fsp3) is 0.289. The number of aromatic hydroxyl groups is 1. The number of nitrogens with zero attached hydrogens (tertiary/aromatic N) is 1. The third-order valence-corrected chi connectivity index (χ3v) is 8.45. The number of ether oxygens (including phenoxy) is 2. The molecule has 1 atom stereocenters. The lowest BCUT2D eigenvalue weighted by molar-refractivity contribution is -0.139. The molecule has 0 aromatic heterocycles. The number of hydrogen-bond acceptors (Lipinski definition) is 6. The van der Waals surface area contributed by atoms with Gasteiger partial charge < -0.3 is 29.9 Å². The van der Waals surface area contributed by atoms with E-state index in [-0.39, 0.29) is 24.7 Å². The SMILES string of the molecule is Cc1cccc(OCCCC(=O)N2CCCc3c(-c4cccc(COC(=O)N[C@@H](Cc5cccc(O)c5)C(=O)O)c4)cccc32)c1C. The average Bonchev–Trinajstić information content (AvgIpc) is 3.06. The highest BCUT2D eigenvalue weighted by Crippen LogP contribution is 2.36. The van der Waals surface area contributed by atoms with Crippen molar-refractivity contribution in [3.05, 3.63) is 113 Å². The first kappa shape index (κ1) is 33.1. The van der Waals surface area contributed by atoms with Crippen LogP contribution in [-0.4, -0.2) is 47.4 Å². The number of phenolic OH excluding ortho intramolecular Hbond substituents is 1. The summed E-state index contributed by atoms with van der Waals surface area (Å²) in [4.78, 5) is 39.5. The summed E-state index contributed by atoms with van der Waals surface area (Å²) in [7, 11) is 0. The number of carboxylic acids is 1. The standard InChI is InChI=1S/C38H40N2O7/c1-25-9-3-17-35(26(25)2)46-20-8-18-36(42)40-19-7-15-32-31(14-6-16-34(32)40)29-12-4-11-28(21-29)24-47-38(45)39-33(37(43)44)23-27-10-5-13-30(41)22-27/h3-6,9-14,16-17,21-22,33,41H,7-8,15,18-20,23-24H2,1-2H3,(H,39,45)(H,43,44)/t33-/m0/s1. The number of anilines is 1. The van der Waals surface area contributed by atoms with Crippen molar-refractivity contribution in [2.24, 2.45) is 0 Å². The predicted molar refractivity (Wildman–Crippen MR) is 180 cm³/mol. The third kappa shape index (κ3) is 8.49. The van der Waals surface area contributed by atoms with Gasteiger partial charge >= 0.3 is 12.1 Å². The minimum Gasteiger partial charge on any atom is -0.508 e. The summed E-state index contributed by atoms with van der Waals surface area (Å²) in [5, 5.41) is 21.7. The lowest BCUT2D eigenvalue weighted by Crippen LogP contribution is -2.42. The number of carbonyl (C=O) groups excluding carboxylic acids is 2. The Kier molecular flexibility index (Phi) is 10.8. The Bertz CT molecular complexity index is 1750. The topological polar surface area (TPSA) is 125 Å². The zero-order chi connectivity index (χ0) is 33.3. The molecule has 0 saturated heterocycles. The fourth-order valence-corrected chi connectivity index (χ4v) is 5.86. The summed E-state index contributed by atoms with van der Waals surface area (Å²) >= 11 is 0. The average molecular weight is 637 g/mol. The summed E-state index contributed by atoms with van der Waals surface area (Å²) in [5.41, 5.74) is 7.57. The van der Waals surface area contributed by atoms with Crippen LogP contribution < -0.4 is 15.0 Å². The van der Waals surface area contributed by atoms with Crippen molar-refractivity contribution in [3.8, 4) is 22.6 Å². The van der Waals surface area contributed by atoms with E-state index < -0.39 is 18.1 Å². The monoisotopic (exact) mass is 636 g/mol. The highest BCUT2D eigenvalue weighted by atomic mass is 16.5. The number of alkyl carbamates (subject to hydrolysis) is 1. The van der Waals surface area contributed by atoms with Gasteiger partial charge in [0.05, 0.1) is 6.61 Å². The van der Waals surface area contributed by atoms with E-state index in [4.69, 9.17) is 9.47 Å². The summed E-state index contributed by atoms with van der Waals surface area (Å²) in [6.45, 7) is 5.17. The molecule has 244 valence electrons. The third-order valence-electron chi connectivity index (χ3n) is 8.45. The number of rotatable bonds is 12. The number of phenols is 1. The Labute approximate surface area is 274 Å². The van der Waals surface area contributed by atoms with Crippen LogP contribution in [0.25, 0.3) is 11.1 Å². The van der Waals surface area contributed by atoms with Crippen molar-refractivity contribution >= 4 is 23.7 Å². The van der Waals surface area contributed by atoms with Gasteiger partial charge in [-0.15, -0.1) is 0 Å². The van der Waals surface area contributed by atoms with Crippen molar-refractivity contribution in [2.75, 3.05) is 18.1 Å². The van der Waals surface area contributed by atoms with Gasteiger partial charge in [-0.1, -0.05) is 54.6 Å². The van der Waals surface area contributed by atoms with Crippen LogP contribution in [0.1, 0.15) is 47.1 Å². The number of amides is 2. The minimum absolute atomic E-state index is 0.00611. The Morgan fingerprint density at radius 3 is 2.51 bits per heavy atom. The molecule has 0 aliphatic carbocycles. The molecule has 5 rings (SSSR count). The molecule has 0 spiro atoms. The predicted octanol–water partition coefficient (Wildman–Crippen LogP) is 6.74. The van der Waals surface area contributed by atoms with Crippen molar-refractivity contribution < 1.29 is 34.1 Å². The maximum absolute atomic E-state index is 13.3. The van der Waals surface area contributed by atoms with Crippen LogP contribution in [0, 0.1) is 13.8 Å². The molecule has 4 aromatic rings. The minimum atomic E-state index is -1.22. The number of hydrogen-bond donors (Lipinski definition) is 3. The van der Waals surface area contributed by atoms with E-state index in [1.165, 1.54) is 17.7 Å². The van der Waals surface area contributed by atoms with Crippen molar-refractivity contribution in [3.63, 3.8) is 0 Å². The summed E-state index contributed by atoms with van der Waals surface area (Å²) in [6.07, 6.45) is 1.84. The molecule has 47 heavy (non-hydrogen) atoms. The molecule has 1 aliphatic rings. The Morgan fingerprint density at radius 1 is 0.936 bits per heavy atom. The quantitative estimate of drug-likeness (QED) is 0.147. The number of nitrogens with one attached hydrogen (secondary N) is 1. The van der Waals surface area contributed by atoms with Gasteiger partial charge in [0, 0.05) is 25.1 Å². The van der Waals surface area contributed by atoms with E-state index in [1.54, 1.807) is 12.1 Å². The largest absolute Gasteiger partial charge is 0.508 e. The molecule has 0 fully saturated rings. The number of fused-ring (bicyclic) bond motifs is 1. The molecule has 3 N–H and O–H groups in total. The Balaban J connectivity index is 1.20. The van der Waals surface area contributed by atoms with E-state index in [0.29, 0.717) is 31.6 Å². The fourth-order valence-electron chi connectivity index (χ4n) is 5.86. The van der Waals surface area contributed by atoms with Gasteiger partial charge in [-0.25, -0.2) is 9.59 Å². The van der Waals surface area contributed by atoms with Crippen molar-refractivity contribution in [2.45, 2.75) is 58.6 Å². The zero-order valence-corrected chi connectivity index (χ0v) is 26.7. The van der Waals surface area contributed by atoms with Crippen LogP contribution in [-0.2, 0) is 33.8 Å². The molecule has 9 nitrogen and oxygen atoms in total. The second kappa shape index (κ2) is 15.3. The van der Waals surface area contributed by atoms with E-state index in [1.807, 2.05) is 66.4 Å². The Morgan fingerprint density at radius 2 is 1.70 bits per heavy atom. The maximum atomic E-state index is 13.3. The first-order chi connectivity index (χ1) is 22.7. The number of aliphatic carboxylic acids is 1. The van der Waals surface area contributed by atoms with Crippen LogP contribution >= 0.6 is 0 Å². The number of carbonyl (C=O) groups is 3. The summed E-state index contributed by atoms with van der Waals surface area (Å²) in [6, 6.07) is 24.6. The number of benzene rings is 4. The molecule has 0 radical (unpaired) electrons. The van der Waals surface area contributed by atoms with E-state index in [9.17, 15) is 24.6 Å². The van der Waals surface area contributed by atoms with Crippen LogP contribution in [0.5, 0.6) is 11.5 Å². The van der Waals surface area contributed by atoms with Gasteiger partial charge in [-0.3, -0.25) is 4.79 Å². The lowest BCUT2D eigenvalue weighted by Gasteiger charge is -2.31. The Hall–Kier alpha value is -5.31. The highest BCUT2D eigenvalue weighted by molar-refractivity contribution is 5.96. The first-order valence-electron chi connectivity index (χ1n) is 15.8. The second-order valence-corrected chi connectivity index (χ2v) is 11.8. The van der Waals surface area contributed by atoms with Crippen LogP contribution in [0.2, 0.25) is 0 Å². The smallest absolute Gasteiger partial charge is 0.408 e. The van der Waals surface area contributed by atoms with Crippen molar-refractivity contribution in [1.82, 2.24) is 5.32 Å². The molecule has 4 aromatic carbocycles. The van der Waals surface area contributed by atoms with Crippen LogP contribution in [0.3, 0.4) is 0 Å². The van der Waals surface area contributed by atoms with Crippen molar-refractivity contribution in [1.29, 1.82) is 0 Å². The molecule has 2 amide bonds. The van der Waals surface area contributed by atoms with E-state index >= 15 is 0 Å². The molecule has 1 aliphatic heterocycles. The van der Waals surface area contributed by atoms with Gasteiger partial charge in [0.1, 0.15) is 24.1 Å². The molecule has 1 heterocycles. The molecule has 0 bridgehead atoms. The highest BCUT2D eigenvalue weighted by Gasteiger charge is 2.25. The van der Waals surface area contributed by atoms with Gasteiger partial charge in [0.25, 0.3) is 0 Å². The van der Waals surface area contributed by atoms with E-state index in [2.05, 4.69) is 18.3 Å². The molecule has 0 saturated carbocycles. The van der Waals surface area contributed by atoms with Gasteiger partial charge in [-0.05, 0) is 102 Å².